The second kappa shape index (κ2) is 6.13. The number of rotatable bonds is 3. The zero-order valence-corrected chi connectivity index (χ0v) is 12.9. The zero-order valence-electron chi connectivity index (χ0n) is 12.9. The molecule has 3 heteroatoms. The van der Waals surface area contributed by atoms with E-state index in [0.717, 1.165) is 0 Å². The third kappa shape index (κ3) is 2.69. The normalized spacial score (nSPS) is 24.6. The molecule has 2 aliphatic rings. The van der Waals surface area contributed by atoms with Crippen LogP contribution in [0.1, 0.15) is 57.6 Å². The molecule has 0 aliphatic carbocycles. The maximum absolute atomic E-state index is 4.73. The van der Waals surface area contributed by atoms with Crippen LogP contribution in [0.2, 0.25) is 0 Å². The topological polar surface area (TPSA) is 19.4 Å². The van der Waals surface area contributed by atoms with Crippen LogP contribution in [0.25, 0.3) is 0 Å². The van der Waals surface area contributed by atoms with Crippen LogP contribution < -0.4 is 4.90 Å². The van der Waals surface area contributed by atoms with Crippen molar-refractivity contribution in [3.63, 3.8) is 0 Å². The van der Waals surface area contributed by atoms with Gasteiger partial charge in [0.15, 0.2) is 0 Å². The quantitative estimate of drug-likeness (QED) is 0.838. The van der Waals surface area contributed by atoms with Crippen molar-refractivity contribution in [2.24, 2.45) is 0 Å². The van der Waals surface area contributed by atoms with Crippen LogP contribution in [0.15, 0.2) is 18.3 Å². The van der Waals surface area contributed by atoms with Gasteiger partial charge in [-0.2, -0.15) is 0 Å². The molecule has 0 bridgehead atoms. The van der Waals surface area contributed by atoms with Gasteiger partial charge in [-0.1, -0.05) is 12.5 Å². The molecular weight excluding hydrogens is 246 g/mol. The summed E-state index contributed by atoms with van der Waals surface area (Å²) in [5, 5.41) is 0. The molecule has 20 heavy (non-hydrogen) atoms. The van der Waals surface area contributed by atoms with Gasteiger partial charge in [-0.3, -0.25) is 4.90 Å². The Morgan fingerprint density at radius 1 is 1.10 bits per heavy atom. The van der Waals surface area contributed by atoms with Crippen LogP contribution in [0.3, 0.4) is 0 Å². The van der Waals surface area contributed by atoms with Crippen LogP contribution in [0, 0.1) is 0 Å². The Morgan fingerprint density at radius 3 is 2.60 bits per heavy atom. The van der Waals surface area contributed by atoms with Gasteiger partial charge in [-0.15, -0.1) is 0 Å². The molecule has 110 valence electrons. The largest absolute Gasteiger partial charge is 0.356 e. The predicted molar refractivity (Wildman–Crippen MR) is 84.1 cm³/mol. The molecule has 0 radical (unpaired) electrons. The lowest BCUT2D eigenvalue weighted by Crippen LogP contribution is -2.39. The van der Waals surface area contributed by atoms with Crippen molar-refractivity contribution in [3.8, 4) is 0 Å². The number of hydrogen-bond donors (Lipinski definition) is 0. The van der Waals surface area contributed by atoms with Gasteiger partial charge < -0.3 is 4.90 Å². The molecule has 1 aromatic rings. The summed E-state index contributed by atoms with van der Waals surface area (Å²) in [6, 6.07) is 5.61. The van der Waals surface area contributed by atoms with Gasteiger partial charge in [0.05, 0.1) is 0 Å². The monoisotopic (exact) mass is 273 g/mol. The van der Waals surface area contributed by atoms with Crippen LogP contribution >= 0.6 is 0 Å². The third-order valence-corrected chi connectivity index (χ3v) is 4.79. The second-order valence-electron chi connectivity index (χ2n) is 6.45. The van der Waals surface area contributed by atoms with Crippen LogP contribution in [0.5, 0.6) is 0 Å². The van der Waals surface area contributed by atoms with Gasteiger partial charge in [0.1, 0.15) is 5.82 Å². The number of aromatic nitrogens is 1. The molecule has 2 saturated heterocycles. The summed E-state index contributed by atoms with van der Waals surface area (Å²) in [4.78, 5) is 9.88. The Kier molecular flexibility index (Phi) is 4.25. The first-order valence-electron chi connectivity index (χ1n) is 8.23. The summed E-state index contributed by atoms with van der Waals surface area (Å²) >= 11 is 0. The number of likely N-dealkylation sites (tertiary alicyclic amines) is 1. The molecule has 3 rings (SSSR count). The molecule has 1 atom stereocenters. The minimum absolute atomic E-state index is 0.563. The maximum Gasteiger partial charge on any atom is 0.133 e. The highest BCUT2D eigenvalue weighted by Gasteiger charge is 2.29. The van der Waals surface area contributed by atoms with Crippen molar-refractivity contribution in [1.29, 1.82) is 0 Å². The fraction of sp³-hybridized carbons (Fsp3) is 0.706. The average Bonchev–Trinajstić information content (AvgIpc) is 3.01. The summed E-state index contributed by atoms with van der Waals surface area (Å²) in [6.07, 6.45) is 8.56. The molecule has 0 N–H and O–H groups in total. The van der Waals surface area contributed by atoms with Crippen molar-refractivity contribution in [2.45, 2.75) is 58.0 Å². The van der Waals surface area contributed by atoms with E-state index in [4.69, 9.17) is 4.98 Å². The molecule has 0 aromatic carbocycles. The van der Waals surface area contributed by atoms with Crippen LogP contribution in [-0.4, -0.2) is 35.6 Å². The predicted octanol–water partition coefficient (Wildman–Crippen LogP) is 3.62. The molecular formula is C17H27N3. The lowest BCUT2D eigenvalue weighted by Gasteiger charge is -2.40. The minimum atomic E-state index is 0.563. The van der Waals surface area contributed by atoms with E-state index in [2.05, 4.69) is 35.8 Å². The van der Waals surface area contributed by atoms with Crippen molar-refractivity contribution < 1.29 is 0 Å². The molecule has 3 heterocycles. The summed E-state index contributed by atoms with van der Waals surface area (Å²) in [6.45, 7) is 8.24. The third-order valence-electron chi connectivity index (χ3n) is 4.79. The lowest BCUT2D eigenvalue weighted by molar-refractivity contribution is 0.112. The standard InChI is InChI=1S/C17H27N3/c1-14(2)20-13-4-3-9-16(20)15-8-7-10-18-17(15)19-11-5-6-12-19/h7-8,10,14,16H,3-6,9,11-13H2,1-2H3. The summed E-state index contributed by atoms with van der Waals surface area (Å²) in [7, 11) is 0. The van der Waals surface area contributed by atoms with Crippen molar-refractivity contribution in [2.75, 3.05) is 24.5 Å². The Hall–Kier alpha value is -1.09. The first-order chi connectivity index (χ1) is 9.77. The molecule has 0 amide bonds. The van der Waals surface area contributed by atoms with Crippen molar-refractivity contribution in [3.05, 3.63) is 23.9 Å². The Bertz CT molecular complexity index is 438. The smallest absolute Gasteiger partial charge is 0.133 e. The number of piperidine rings is 1. The number of nitrogens with zero attached hydrogens (tertiary/aromatic N) is 3. The summed E-state index contributed by atoms with van der Waals surface area (Å²) < 4.78 is 0. The maximum atomic E-state index is 4.73. The number of pyridine rings is 1. The molecule has 0 saturated carbocycles. The van der Waals surface area contributed by atoms with E-state index < -0.39 is 0 Å². The van der Waals surface area contributed by atoms with E-state index >= 15 is 0 Å². The van der Waals surface area contributed by atoms with E-state index in [1.165, 1.54) is 63.1 Å². The van der Waals surface area contributed by atoms with Gasteiger partial charge in [-0.25, -0.2) is 4.98 Å². The highest BCUT2D eigenvalue weighted by Crippen LogP contribution is 2.37. The highest BCUT2D eigenvalue weighted by molar-refractivity contribution is 5.49. The van der Waals surface area contributed by atoms with Gasteiger partial charge in [0.25, 0.3) is 0 Å². The van der Waals surface area contributed by atoms with Gasteiger partial charge >= 0.3 is 0 Å². The highest BCUT2D eigenvalue weighted by atomic mass is 15.2. The van der Waals surface area contributed by atoms with Crippen LogP contribution in [-0.2, 0) is 0 Å². The molecule has 0 spiro atoms. The zero-order chi connectivity index (χ0) is 13.9. The molecule has 3 nitrogen and oxygen atoms in total. The van der Waals surface area contributed by atoms with Gasteiger partial charge in [0.2, 0.25) is 0 Å². The fourth-order valence-electron chi connectivity index (χ4n) is 3.77. The van der Waals surface area contributed by atoms with Gasteiger partial charge in [0, 0.05) is 36.9 Å². The Balaban J connectivity index is 1.91. The summed E-state index contributed by atoms with van der Waals surface area (Å²) in [5.74, 6) is 1.25. The molecule has 1 aromatic heterocycles. The van der Waals surface area contributed by atoms with E-state index in [-0.39, 0.29) is 0 Å². The van der Waals surface area contributed by atoms with Crippen molar-refractivity contribution in [1.82, 2.24) is 9.88 Å². The van der Waals surface area contributed by atoms with Gasteiger partial charge in [-0.05, 0) is 52.1 Å². The first-order valence-corrected chi connectivity index (χ1v) is 8.23. The Labute approximate surface area is 123 Å². The molecule has 2 fully saturated rings. The van der Waals surface area contributed by atoms with Crippen molar-refractivity contribution >= 4 is 5.82 Å². The van der Waals surface area contributed by atoms with E-state index in [1.807, 2.05) is 6.20 Å². The average molecular weight is 273 g/mol. The molecule has 1 unspecified atom stereocenters. The Morgan fingerprint density at radius 2 is 1.85 bits per heavy atom. The number of hydrogen-bond acceptors (Lipinski definition) is 3. The van der Waals surface area contributed by atoms with E-state index in [1.54, 1.807) is 0 Å². The number of anilines is 1. The molecule has 2 aliphatic heterocycles. The fourth-order valence-corrected chi connectivity index (χ4v) is 3.77. The second-order valence-corrected chi connectivity index (χ2v) is 6.45. The lowest BCUT2D eigenvalue weighted by atomic mass is 9.94. The SMILES string of the molecule is CC(C)N1CCCCC1c1cccnc1N1CCCC1. The van der Waals surface area contributed by atoms with E-state index in [0.29, 0.717) is 12.1 Å². The first kappa shape index (κ1) is 13.9. The summed E-state index contributed by atoms with van der Waals surface area (Å²) in [5.41, 5.74) is 1.46. The van der Waals surface area contributed by atoms with Crippen LogP contribution in [0.4, 0.5) is 5.82 Å². The minimum Gasteiger partial charge on any atom is -0.356 e. The van der Waals surface area contributed by atoms with E-state index in [9.17, 15) is 0 Å².